The number of hydrogen-bond donors (Lipinski definition) is 0. The first-order chi connectivity index (χ1) is 6.85. The second kappa shape index (κ2) is 11.1. The van der Waals surface area contributed by atoms with Crippen LogP contribution in [0, 0.1) is 12.8 Å². The smallest absolute Gasteiger partial charge is 0.0420 e. The van der Waals surface area contributed by atoms with Crippen LogP contribution < -0.4 is 0 Å². The van der Waals surface area contributed by atoms with Crippen LogP contribution in [0.1, 0.15) is 78.1 Å². The van der Waals surface area contributed by atoms with E-state index in [9.17, 15) is 0 Å². The van der Waals surface area contributed by atoms with E-state index < -0.39 is 0 Å². The van der Waals surface area contributed by atoms with Crippen LogP contribution in [0.25, 0.3) is 0 Å². The molecular formula is C14H29. The van der Waals surface area contributed by atoms with E-state index in [0.717, 1.165) is 12.3 Å². The van der Waals surface area contributed by atoms with Gasteiger partial charge in [-0.3, -0.25) is 0 Å². The lowest BCUT2D eigenvalue weighted by atomic mass is 9.96. The second-order valence-electron chi connectivity index (χ2n) is 4.45. The number of unbranched alkanes of at least 4 members (excludes halogenated alkanes) is 6. The predicted octanol–water partition coefficient (Wildman–Crippen LogP) is 5.38. The van der Waals surface area contributed by atoms with Crippen LogP contribution in [0.3, 0.4) is 0 Å². The molecule has 0 saturated carbocycles. The van der Waals surface area contributed by atoms with Gasteiger partial charge in [-0.05, 0) is 5.92 Å². The first kappa shape index (κ1) is 14.0. The van der Waals surface area contributed by atoms with Gasteiger partial charge in [0.2, 0.25) is 0 Å². The summed E-state index contributed by atoms with van der Waals surface area (Å²) in [6.07, 6.45) is 13.8. The molecule has 0 amide bonds. The fourth-order valence-corrected chi connectivity index (χ4v) is 2.01. The highest BCUT2D eigenvalue weighted by molar-refractivity contribution is 4.55. The van der Waals surface area contributed by atoms with E-state index in [-0.39, 0.29) is 0 Å². The molecule has 0 heteroatoms. The minimum absolute atomic E-state index is 0.995. The molecule has 0 bridgehead atoms. The summed E-state index contributed by atoms with van der Waals surface area (Å²) >= 11 is 0. The lowest BCUT2D eigenvalue weighted by molar-refractivity contribution is 0.426. The average molecular weight is 197 g/mol. The van der Waals surface area contributed by atoms with Gasteiger partial charge < -0.3 is 0 Å². The Bertz CT molecular complexity index is 92.2. The van der Waals surface area contributed by atoms with Gasteiger partial charge in [-0.25, -0.2) is 0 Å². The summed E-state index contributed by atoms with van der Waals surface area (Å²) in [4.78, 5) is 0. The third kappa shape index (κ3) is 8.59. The van der Waals surface area contributed by atoms with E-state index in [0.29, 0.717) is 0 Å². The van der Waals surface area contributed by atoms with Gasteiger partial charge in [0.1, 0.15) is 0 Å². The Hall–Kier alpha value is 0. The maximum Gasteiger partial charge on any atom is -0.0420 e. The minimum Gasteiger partial charge on any atom is -0.0651 e. The van der Waals surface area contributed by atoms with Crippen molar-refractivity contribution >= 4 is 0 Å². The topological polar surface area (TPSA) is 0 Å². The molecule has 85 valence electrons. The molecule has 0 aliphatic carbocycles. The van der Waals surface area contributed by atoms with Gasteiger partial charge in [0.05, 0.1) is 0 Å². The summed E-state index contributed by atoms with van der Waals surface area (Å²) in [5.74, 6) is 0.995. The molecule has 0 saturated heterocycles. The van der Waals surface area contributed by atoms with E-state index in [1.54, 1.807) is 0 Å². The summed E-state index contributed by atoms with van der Waals surface area (Å²) in [5, 5.41) is 0. The maximum absolute atomic E-state index is 3.87. The quantitative estimate of drug-likeness (QED) is 0.413. The SMILES string of the molecule is [CH2]CCCCCCCCC(CC)CC. The van der Waals surface area contributed by atoms with Gasteiger partial charge in [0.15, 0.2) is 0 Å². The van der Waals surface area contributed by atoms with Crippen molar-refractivity contribution in [2.45, 2.75) is 78.1 Å². The van der Waals surface area contributed by atoms with E-state index in [4.69, 9.17) is 0 Å². The van der Waals surface area contributed by atoms with Gasteiger partial charge in [-0.2, -0.15) is 0 Å². The Kier molecular flexibility index (Phi) is 11.1. The number of rotatable bonds is 10. The zero-order valence-corrected chi connectivity index (χ0v) is 10.4. The molecule has 1 radical (unpaired) electrons. The van der Waals surface area contributed by atoms with Gasteiger partial charge in [-0.1, -0.05) is 85.0 Å². The molecule has 0 heterocycles. The van der Waals surface area contributed by atoms with Crippen LogP contribution in [-0.2, 0) is 0 Å². The maximum atomic E-state index is 3.87. The van der Waals surface area contributed by atoms with Crippen molar-refractivity contribution in [2.24, 2.45) is 5.92 Å². The fourth-order valence-electron chi connectivity index (χ4n) is 2.01. The zero-order valence-electron chi connectivity index (χ0n) is 10.4. The molecule has 0 fully saturated rings. The summed E-state index contributed by atoms with van der Waals surface area (Å²) in [7, 11) is 0. The van der Waals surface area contributed by atoms with Gasteiger partial charge in [-0.15, -0.1) is 0 Å². The molecule has 0 aliphatic heterocycles. The summed E-state index contributed by atoms with van der Waals surface area (Å²) in [5.41, 5.74) is 0. The van der Waals surface area contributed by atoms with Crippen LogP contribution in [-0.4, -0.2) is 0 Å². The molecule has 0 spiro atoms. The lowest BCUT2D eigenvalue weighted by Crippen LogP contribution is -1.96. The van der Waals surface area contributed by atoms with Crippen molar-refractivity contribution in [2.75, 3.05) is 0 Å². The molecule has 0 rings (SSSR count). The van der Waals surface area contributed by atoms with Crippen molar-refractivity contribution in [3.63, 3.8) is 0 Å². The molecule has 0 aromatic rings. The molecule has 0 nitrogen and oxygen atoms in total. The standard InChI is InChI=1S/C14H29/c1-4-7-8-9-10-11-12-13-14(5-2)6-3/h14H,1,4-13H2,2-3H3. The highest BCUT2D eigenvalue weighted by atomic mass is 14.1. The normalized spacial score (nSPS) is 11.1. The molecule has 0 N–H and O–H groups in total. The lowest BCUT2D eigenvalue weighted by Gasteiger charge is -2.11. The Morgan fingerprint density at radius 3 is 1.79 bits per heavy atom. The highest BCUT2D eigenvalue weighted by Gasteiger charge is 2.01. The molecule has 0 aromatic carbocycles. The van der Waals surface area contributed by atoms with Crippen LogP contribution >= 0.6 is 0 Å². The summed E-state index contributed by atoms with van der Waals surface area (Å²) in [6, 6.07) is 0. The number of hydrogen-bond acceptors (Lipinski definition) is 0. The monoisotopic (exact) mass is 197 g/mol. The van der Waals surface area contributed by atoms with Crippen LogP contribution in [0.4, 0.5) is 0 Å². The third-order valence-corrected chi connectivity index (χ3v) is 3.27. The molecule has 0 aromatic heterocycles. The van der Waals surface area contributed by atoms with Crippen LogP contribution in [0.15, 0.2) is 0 Å². The van der Waals surface area contributed by atoms with Gasteiger partial charge in [0, 0.05) is 0 Å². The van der Waals surface area contributed by atoms with Gasteiger partial charge in [0.25, 0.3) is 0 Å². The molecule has 0 aliphatic rings. The molecular weight excluding hydrogens is 168 g/mol. The van der Waals surface area contributed by atoms with E-state index >= 15 is 0 Å². The molecule has 0 unspecified atom stereocenters. The van der Waals surface area contributed by atoms with Gasteiger partial charge >= 0.3 is 0 Å². The minimum atomic E-state index is 0.995. The van der Waals surface area contributed by atoms with Crippen molar-refractivity contribution in [1.82, 2.24) is 0 Å². The van der Waals surface area contributed by atoms with Crippen LogP contribution in [0.5, 0.6) is 0 Å². The van der Waals surface area contributed by atoms with Crippen molar-refractivity contribution in [1.29, 1.82) is 0 Å². The Morgan fingerprint density at radius 2 is 1.29 bits per heavy atom. The first-order valence-corrected chi connectivity index (χ1v) is 6.64. The van der Waals surface area contributed by atoms with Crippen molar-refractivity contribution in [3.05, 3.63) is 6.92 Å². The van der Waals surface area contributed by atoms with Crippen molar-refractivity contribution < 1.29 is 0 Å². The Labute approximate surface area is 91.5 Å². The second-order valence-corrected chi connectivity index (χ2v) is 4.45. The summed E-state index contributed by atoms with van der Waals surface area (Å²) < 4.78 is 0. The van der Waals surface area contributed by atoms with E-state index in [2.05, 4.69) is 20.8 Å². The largest absolute Gasteiger partial charge is 0.0651 e. The van der Waals surface area contributed by atoms with Crippen LogP contribution in [0.2, 0.25) is 0 Å². The predicted molar refractivity (Wildman–Crippen MR) is 66.4 cm³/mol. The fraction of sp³-hybridized carbons (Fsp3) is 0.929. The average Bonchev–Trinajstić information content (AvgIpc) is 2.22. The van der Waals surface area contributed by atoms with Crippen molar-refractivity contribution in [3.8, 4) is 0 Å². The molecule has 14 heavy (non-hydrogen) atoms. The van der Waals surface area contributed by atoms with E-state index in [1.165, 1.54) is 57.8 Å². The zero-order chi connectivity index (χ0) is 10.6. The summed E-state index contributed by atoms with van der Waals surface area (Å²) in [6.45, 7) is 8.51. The Balaban J connectivity index is 3.04. The molecule has 0 atom stereocenters. The van der Waals surface area contributed by atoms with E-state index in [1.807, 2.05) is 0 Å². The first-order valence-electron chi connectivity index (χ1n) is 6.64. The Morgan fingerprint density at radius 1 is 0.786 bits per heavy atom. The highest BCUT2D eigenvalue weighted by Crippen LogP contribution is 2.17. The third-order valence-electron chi connectivity index (χ3n) is 3.27.